The lowest BCUT2D eigenvalue weighted by molar-refractivity contribution is -0.129. The van der Waals surface area contributed by atoms with Gasteiger partial charge in [0.1, 0.15) is 5.75 Å². The van der Waals surface area contributed by atoms with E-state index in [0.717, 1.165) is 16.3 Å². The van der Waals surface area contributed by atoms with Gasteiger partial charge >= 0.3 is 0 Å². The van der Waals surface area contributed by atoms with Gasteiger partial charge in [0.15, 0.2) is 0 Å². The molecule has 0 saturated heterocycles. The van der Waals surface area contributed by atoms with Crippen LogP contribution >= 0.6 is 11.6 Å². The second-order valence-electron chi connectivity index (χ2n) is 6.49. The van der Waals surface area contributed by atoms with Crippen LogP contribution in [0, 0.1) is 0 Å². The summed E-state index contributed by atoms with van der Waals surface area (Å²) in [6.45, 7) is -0.103. The van der Waals surface area contributed by atoms with Crippen LogP contribution in [-0.4, -0.2) is 37.4 Å². The first kappa shape index (κ1) is 20.4. The highest BCUT2D eigenvalue weighted by Crippen LogP contribution is 2.27. The molecule has 29 heavy (non-hydrogen) atoms. The molecule has 0 unspecified atom stereocenters. The summed E-state index contributed by atoms with van der Waals surface area (Å²) in [7, 11) is 3.08. The SMILES string of the molecule is COc1ccc(Cl)cc1NC(=O)CN(C)C(=O)/C=C/c1cccc2ccccc12. The predicted molar refractivity (Wildman–Crippen MR) is 117 cm³/mol. The molecule has 0 heterocycles. The highest BCUT2D eigenvalue weighted by molar-refractivity contribution is 6.31. The van der Waals surface area contributed by atoms with E-state index in [1.807, 2.05) is 42.5 Å². The maximum absolute atomic E-state index is 12.4. The Bertz CT molecular complexity index is 1070. The van der Waals surface area contributed by atoms with Crippen molar-refractivity contribution in [3.8, 4) is 5.75 Å². The Morgan fingerprint density at radius 1 is 1.10 bits per heavy atom. The van der Waals surface area contributed by atoms with Gasteiger partial charge in [-0.05, 0) is 40.6 Å². The summed E-state index contributed by atoms with van der Waals surface area (Å²) in [6, 6.07) is 18.8. The minimum absolute atomic E-state index is 0.103. The molecule has 0 aromatic heterocycles. The first-order valence-electron chi connectivity index (χ1n) is 9.02. The van der Waals surface area contributed by atoms with Crippen LogP contribution in [0.3, 0.4) is 0 Å². The maximum Gasteiger partial charge on any atom is 0.246 e. The van der Waals surface area contributed by atoms with Crippen LogP contribution in [0.2, 0.25) is 5.02 Å². The summed E-state index contributed by atoms with van der Waals surface area (Å²) in [5, 5.41) is 5.36. The molecule has 0 saturated carbocycles. The van der Waals surface area contributed by atoms with Crippen LogP contribution in [0.1, 0.15) is 5.56 Å². The Labute approximate surface area is 174 Å². The van der Waals surface area contributed by atoms with E-state index in [-0.39, 0.29) is 18.4 Å². The number of anilines is 1. The van der Waals surface area contributed by atoms with Crippen molar-refractivity contribution < 1.29 is 14.3 Å². The van der Waals surface area contributed by atoms with Gasteiger partial charge in [0.05, 0.1) is 19.3 Å². The second-order valence-corrected chi connectivity index (χ2v) is 6.93. The van der Waals surface area contributed by atoms with Crippen molar-refractivity contribution in [1.82, 2.24) is 4.90 Å². The van der Waals surface area contributed by atoms with Crippen molar-refractivity contribution in [2.24, 2.45) is 0 Å². The molecule has 148 valence electrons. The van der Waals surface area contributed by atoms with E-state index in [2.05, 4.69) is 5.32 Å². The van der Waals surface area contributed by atoms with E-state index < -0.39 is 0 Å². The fourth-order valence-electron chi connectivity index (χ4n) is 2.95. The fraction of sp³-hybridized carbons (Fsp3) is 0.130. The average molecular weight is 409 g/mol. The number of carbonyl (C=O) groups is 2. The maximum atomic E-state index is 12.4. The van der Waals surface area contributed by atoms with Crippen LogP contribution in [0.5, 0.6) is 5.75 Å². The molecule has 0 spiro atoms. The standard InChI is InChI=1S/C23H21ClN2O3/c1-26(15-22(27)25-20-14-18(24)11-12-21(20)29-2)23(28)13-10-17-8-5-7-16-6-3-4-9-19(16)17/h3-14H,15H2,1-2H3,(H,25,27)/b13-10+. The number of rotatable bonds is 6. The van der Waals surface area contributed by atoms with Gasteiger partial charge in [0, 0.05) is 18.1 Å². The minimum Gasteiger partial charge on any atom is -0.495 e. The van der Waals surface area contributed by atoms with Crippen molar-refractivity contribution in [2.45, 2.75) is 0 Å². The lowest BCUT2D eigenvalue weighted by atomic mass is 10.0. The number of benzene rings is 3. The molecule has 2 amide bonds. The van der Waals surface area contributed by atoms with Gasteiger partial charge in [0.25, 0.3) is 0 Å². The lowest BCUT2D eigenvalue weighted by Crippen LogP contribution is -2.33. The molecule has 0 aliphatic heterocycles. The molecule has 6 heteroatoms. The summed E-state index contributed by atoms with van der Waals surface area (Å²) >= 11 is 5.97. The van der Waals surface area contributed by atoms with E-state index in [0.29, 0.717) is 16.5 Å². The third-order valence-electron chi connectivity index (χ3n) is 4.42. The zero-order valence-electron chi connectivity index (χ0n) is 16.2. The lowest BCUT2D eigenvalue weighted by Gasteiger charge is -2.16. The first-order valence-corrected chi connectivity index (χ1v) is 9.40. The summed E-state index contributed by atoms with van der Waals surface area (Å²) in [4.78, 5) is 26.1. The number of likely N-dealkylation sites (N-methyl/N-ethyl adjacent to an activating group) is 1. The molecule has 3 aromatic rings. The van der Waals surface area contributed by atoms with E-state index in [1.165, 1.54) is 18.1 Å². The zero-order chi connectivity index (χ0) is 20.8. The van der Waals surface area contributed by atoms with Crippen molar-refractivity contribution in [1.29, 1.82) is 0 Å². The van der Waals surface area contributed by atoms with E-state index in [1.54, 1.807) is 31.3 Å². The average Bonchev–Trinajstić information content (AvgIpc) is 2.72. The Balaban J connectivity index is 1.65. The second kappa shape index (κ2) is 9.26. The molecule has 0 radical (unpaired) electrons. The summed E-state index contributed by atoms with van der Waals surface area (Å²) < 4.78 is 5.21. The molecule has 0 fully saturated rings. The third kappa shape index (κ3) is 5.15. The Hall–Kier alpha value is -3.31. The van der Waals surface area contributed by atoms with E-state index >= 15 is 0 Å². The van der Waals surface area contributed by atoms with E-state index in [9.17, 15) is 9.59 Å². The smallest absolute Gasteiger partial charge is 0.246 e. The molecule has 3 rings (SSSR count). The molecule has 5 nitrogen and oxygen atoms in total. The van der Waals surface area contributed by atoms with Gasteiger partial charge < -0.3 is 15.0 Å². The van der Waals surface area contributed by atoms with Crippen molar-refractivity contribution >= 4 is 46.0 Å². The number of nitrogens with zero attached hydrogens (tertiary/aromatic N) is 1. The fourth-order valence-corrected chi connectivity index (χ4v) is 3.12. The Kier molecular flexibility index (Phi) is 6.52. The number of hydrogen-bond acceptors (Lipinski definition) is 3. The quantitative estimate of drug-likeness (QED) is 0.606. The highest BCUT2D eigenvalue weighted by Gasteiger charge is 2.13. The van der Waals surface area contributed by atoms with Crippen LogP contribution < -0.4 is 10.1 Å². The third-order valence-corrected chi connectivity index (χ3v) is 4.66. The number of methoxy groups -OCH3 is 1. The summed E-state index contributed by atoms with van der Waals surface area (Å²) in [5.41, 5.74) is 1.40. The molecule has 1 N–H and O–H groups in total. The van der Waals surface area contributed by atoms with Crippen LogP contribution in [0.15, 0.2) is 66.7 Å². The van der Waals surface area contributed by atoms with Gasteiger partial charge in [-0.15, -0.1) is 0 Å². The van der Waals surface area contributed by atoms with Crippen LogP contribution in [0.4, 0.5) is 5.69 Å². The van der Waals surface area contributed by atoms with Crippen molar-refractivity contribution in [3.63, 3.8) is 0 Å². The monoisotopic (exact) mass is 408 g/mol. The summed E-state index contributed by atoms with van der Waals surface area (Å²) in [5.74, 6) is -0.126. The molecular weight excluding hydrogens is 388 g/mol. The van der Waals surface area contributed by atoms with Gasteiger partial charge in [-0.2, -0.15) is 0 Å². The van der Waals surface area contributed by atoms with Crippen LogP contribution in [-0.2, 0) is 9.59 Å². The van der Waals surface area contributed by atoms with Crippen molar-refractivity contribution in [2.75, 3.05) is 26.0 Å². The number of amides is 2. The van der Waals surface area contributed by atoms with Gasteiger partial charge in [0.2, 0.25) is 11.8 Å². The van der Waals surface area contributed by atoms with E-state index in [4.69, 9.17) is 16.3 Å². The molecular formula is C23H21ClN2O3. The molecule has 0 atom stereocenters. The number of hydrogen-bond donors (Lipinski definition) is 1. The van der Waals surface area contributed by atoms with Gasteiger partial charge in [-0.3, -0.25) is 9.59 Å². The number of nitrogens with one attached hydrogen (secondary N) is 1. The van der Waals surface area contributed by atoms with Gasteiger partial charge in [-0.1, -0.05) is 54.1 Å². The van der Waals surface area contributed by atoms with Crippen molar-refractivity contribution in [3.05, 3.63) is 77.3 Å². The minimum atomic E-state index is -0.347. The molecule has 0 aliphatic carbocycles. The number of fused-ring (bicyclic) bond motifs is 1. The topological polar surface area (TPSA) is 58.6 Å². The number of ether oxygens (including phenoxy) is 1. The zero-order valence-corrected chi connectivity index (χ0v) is 16.9. The predicted octanol–water partition coefficient (Wildman–Crippen LogP) is 4.61. The number of halogens is 1. The molecule has 0 bridgehead atoms. The molecule has 0 aliphatic rings. The largest absolute Gasteiger partial charge is 0.495 e. The molecule has 3 aromatic carbocycles. The number of carbonyl (C=O) groups excluding carboxylic acids is 2. The Morgan fingerprint density at radius 2 is 1.86 bits per heavy atom. The van der Waals surface area contributed by atoms with Crippen LogP contribution in [0.25, 0.3) is 16.8 Å². The summed E-state index contributed by atoms with van der Waals surface area (Å²) in [6.07, 6.45) is 3.23. The normalized spacial score (nSPS) is 10.9. The van der Waals surface area contributed by atoms with Gasteiger partial charge in [-0.25, -0.2) is 0 Å². The first-order chi connectivity index (χ1) is 14.0. The Morgan fingerprint density at radius 3 is 2.66 bits per heavy atom. The highest BCUT2D eigenvalue weighted by atomic mass is 35.5.